The average molecular weight is 249 g/mol. The lowest BCUT2D eigenvalue weighted by Crippen LogP contribution is -2.37. The van der Waals surface area contributed by atoms with Crippen molar-refractivity contribution in [2.75, 3.05) is 13.6 Å². The van der Waals surface area contributed by atoms with Crippen LogP contribution < -0.4 is 10.6 Å². The second-order valence-electron chi connectivity index (χ2n) is 3.84. The third kappa shape index (κ3) is 5.48. The van der Waals surface area contributed by atoms with Gasteiger partial charge in [0.25, 0.3) is 0 Å². The molecule has 3 nitrogen and oxygen atoms in total. The molecule has 0 amide bonds. The zero-order chi connectivity index (χ0) is 13.2. The Kier molecular flexibility index (Phi) is 6.54. The molecular formula is C14H20FN3. The summed E-state index contributed by atoms with van der Waals surface area (Å²) in [5, 5.41) is 6.32. The van der Waals surface area contributed by atoms with Gasteiger partial charge in [-0.15, -0.1) is 0 Å². The molecule has 0 unspecified atom stereocenters. The van der Waals surface area contributed by atoms with Crippen molar-refractivity contribution in [3.05, 3.63) is 47.8 Å². The maximum absolute atomic E-state index is 13.0. The minimum atomic E-state index is -0.217. The monoisotopic (exact) mass is 249 g/mol. The third-order valence-corrected chi connectivity index (χ3v) is 2.41. The number of allylic oxidation sites excluding steroid dienone is 1. The summed E-state index contributed by atoms with van der Waals surface area (Å²) in [6.07, 6.45) is 5.06. The zero-order valence-corrected chi connectivity index (χ0v) is 10.9. The van der Waals surface area contributed by atoms with Crippen LogP contribution >= 0.6 is 0 Å². The highest BCUT2D eigenvalue weighted by atomic mass is 19.1. The summed E-state index contributed by atoms with van der Waals surface area (Å²) in [6.45, 7) is 3.38. The van der Waals surface area contributed by atoms with Gasteiger partial charge in [0, 0.05) is 20.1 Å². The van der Waals surface area contributed by atoms with E-state index in [1.807, 2.05) is 19.1 Å². The summed E-state index contributed by atoms with van der Waals surface area (Å²) in [6, 6.07) is 6.53. The van der Waals surface area contributed by atoms with Gasteiger partial charge < -0.3 is 10.6 Å². The molecule has 0 aliphatic rings. The minimum Gasteiger partial charge on any atom is -0.356 e. The van der Waals surface area contributed by atoms with Gasteiger partial charge >= 0.3 is 0 Å². The fraction of sp³-hybridized carbons (Fsp3) is 0.357. The lowest BCUT2D eigenvalue weighted by molar-refractivity contribution is 0.624. The summed E-state index contributed by atoms with van der Waals surface area (Å²) in [7, 11) is 1.72. The molecule has 0 fully saturated rings. The molecule has 0 spiro atoms. The van der Waals surface area contributed by atoms with Crippen molar-refractivity contribution in [2.45, 2.75) is 19.9 Å². The largest absolute Gasteiger partial charge is 0.356 e. The predicted octanol–water partition coefficient (Wildman–Crippen LogP) is 2.46. The molecule has 0 aliphatic carbocycles. The van der Waals surface area contributed by atoms with E-state index in [1.165, 1.54) is 12.1 Å². The first-order chi connectivity index (χ1) is 8.76. The standard InChI is InChI=1S/C14H20FN3/c1-3-4-5-9-17-14(16-2)18-11-12-7-6-8-13(15)10-12/h3-4,6-8,10H,5,9,11H2,1-2H3,(H2,16,17,18). The van der Waals surface area contributed by atoms with Crippen molar-refractivity contribution in [1.82, 2.24) is 10.6 Å². The Morgan fingerprint density at radius 1 is 1.39 bits per heavy atom. The number of halogens is 1. The Balaban J connectivity index is 2.36. The maximum atomic E-state index is 13.0. The molecule has 98 valence electrons. The van der Waals surface area contributed by atoms with E-state index in [0.717, 1.165) is 24.5 Å². The number of hydrogen-bond donors (Lipinski definition) is 2. The van der Waals surface area contributed by atoms with Crippen LogP contribution in [0, 0.1) is 5.82 Å². The second kappa shape index (κ2) is 8.28. The lowest BCUT2D eigenvalue weighted by Gasteiger charge is -2.11. The maximum Gasteiger partial charge on any atom is 0.191 e. The molecule has 0 aliphatic heterocycles. The quantitative estimate of drug-likeness (QED) is 0.364. The summed E-state index contributed by atoms with van der Waals surface area (Å²) >= 11 is 0. The molecule has 0 aromatic heterocycles. The van der Waals surface area contributed by atoms with Crippen LogP contribution in [0.3, 0.4) is 0 Å². The summed E-state index contributed by atoms with van der Waals surface area (Å²) < 4.78 is 13.0. The zero-order valence-electron chi connectivity index (χ0n) is 10.9. The van der Waals surface area contributed by atoms with E-state index in [4.69, 9.17) is 0 Å². The fourth-order valence-electron chi connectivity index (χ4n) is 1.49. The van der Waals surface area contributed by atoms with Gasteiger partial charge in [-0.3, -0.25) is 4.99 Å². The average Bonchev–Trinajstić information content (AvgIpc) is 2.38. The number of aliphatic imine (C=N–C) groups is 1. The van der Waals surface area contributed by atoms with Gasteiger partial charge in [0.1, 0.15) is 5.82 Å². The molecule has 2 N–H and O–H groups in total. The molecule has 0 heterocycles. The van der Waals surface area contributed by atoms with Crippen molar-refractivity contribution in [2.24, 2.45) is 4.99 Å². The first-order valence-corrected chi connectivity index (χ1v) is 6.06. The van der Waals surface area contributed by atoms with Gasteiger partial charge in [-0.1, -0.05) is 24.3 Å². The van der Waals surface area contributed by atoms with Crippen LogP contribution in [-0.4, -0.2) is 19.6 Å². The normalized spacial score (nSPS) is 11.8. The Bertz CT molecular complexity index is 413. The van der Waals surface area contributed by atoms with Gasteiger partial charge in [-0.2, -0.15) is 0 Å². The van der Waals surface area contributed by atoms with Crippen molar-refractivity contribution >= 4 is 5.96 Å². The molecule has 1 rings (SSSR count). The molecule has 0 atom stereocenters. The number of guanidine groups is 1. The molecule has 0 saturated heterocycles. The number of nitrogens with zero attached hydrogens (tertiary/aromatic N) is 1. The van der Waals surface area contributed by atoms with Crippen LogP contribution in [0.1, 0.15) is 18.9 Å². The van der Waals surface area contributed by atoms with Crippen LogP contribution in [0.25, 0.3) is 0 Å². The minimum absolute atomic E-state index is 0.217. The number of hydrogen-bond acceptors (Lipinski definition) is 1. The van der Waals surface area contributed by atoms with Crippen LogP contribution in [0.2, 0.25) is 0 Å². The first kappa shape index (κ1) is 14.2. The Morgan fingerprint density at radius 3 is 2.89 bits per heavy atom. The molecule has 0 bridgehead atoms. The van der Waals surface area contributed by atoms with Gasteiger partial charge in [0.2, 0.25) is 0 Å². The topological polar surface area (TPSA) is 36.4 Å². The van der Waals surface area contributed by atoms with Gasteiger partial charge in [-0.05, 0) is 31.0 Å². The first-order valence-electron chi connectivity index (χ1n) is 6.06. The number of benzene rings is 1. The van der Waals surface area contributed by atoms with E-state index in [2.05, 4.69) is 21.7 Å². The van der Waals surface area contributed by atoms with Gasteiger partial charge in [0.05, 0.1) is 0 Å². The fourth-order valence-corrected chi connectivity index (χ4v) is 1.49. The van der Waals surface area contributed by atoms with Crippen molar-refractivity contribution in [3.8, 4) is 0 Å². The molecule has 1 aromatic carbocycles. The van der Waals surface area contributed by atoms with Gasteiger partial charge in [0.15, 0.2) is 5.96 Å². The Hall–Kier alpha value is -1.84. The summed E-state index contributed by atoms with van der Waals surface area (Å²) in [4.78, 5) is 4.10. The Labute approximate surface area is 108 Å². The summed E-state index contributed by atoms with van der Waals surface area (Å²) in [5.74, 6) is 0.508. The molecular weight excluding hydrogens is 229 g/mol. The summed E-state index contributed by atoms with van der Waals surface area (Å²) in [5.41, 5.74) is 0.895. The highest BCUT2D eigenvalue weighted by molar-refractivity contribution is 5.79. The van der Waals surface area contributed by atoms with E-state index in [9.17, 15) is 4.39 Å². The van der Waals surface area contributed by atoms with E-state index >= 15 is 0 Å². The van der Waals surface area contributed by atoms with E-state index in [-0.39, 0.29) is 5.82 Å². The van der Waals surface area contributed by atoms with Crippen LogP contribution in [0.4, 0.5) is 4.39 Å². The highest BCUT2D eigenvalue weighted by Crippen LogP contribution is 2.02. The van der Waals surface area contributed by atoms with Crippen molar-refractivity contribution in [3.63, 3.8) is 0 Å². The van der Waals surface area contributed by atoms with Crippen LogP contribution in [0.15, 0.2) is 41.4 Å². The van der Waals surface area contributed by atoms with Crippen LogP contribution in [-0.2, 0) is 6.54 Å². The van der Waals surface area contributed by atoms with E-state index in [1.54, 1.807) is 13.1 Å². The van der Waals surface area contributed by atoms with E-state index in [0.29, 0.717) is 6.54 Å². The lowest BCUT2D eigenvalue weighted by atomic mass is 10.2. The number of nitrogens with one attached hydrogen (secondary N) is 2. The number of rotatable bonds is 5. The van der Waals surface area contributed by atoms with E-state index < -0.39 is 0 Å². The SMILES string of the molecule is CC=CCCNC(=NC)NCc1cccc(F)c1. The molecule has 1 aromatic rings. The van der Waals surface area contributed by atoms with Gasteiger partial charge in [-0.25, -0.2) is 4.39 Å². The second-order valence-corrected chi connectivity index (χ2v) is 3.84. The molecule has 4 heteroatoms. The predicted molar refractivity (Wildman–Crippen MR) is 74.0 cm³/mol. The smallest absolute Gasteiger partial charge is 0.191 e. The van der Waals surface area contributed by atoms with Crippen molar-refractivity contribution in [1.29, 1.82) is 0 Å². The molecule has 0 saturated carbocycles. The molecule has 0 radical (unpaired) electrons. The molecule has 18 heavy (non-hydrogen) atoms. The van der Waals surface area contributed by atoms with Crippen molar-refractivity contribution < 1.29 is 4.39 Å². The third-order valence-electron chi connectivity index (χ3n) is 2.41. The highest BCUT2D eigenvalue weighted by Gasteiger charge is 1.98. The van der Waals surface area contributed by atoms with Crippen LogP contribution in [0.5, 0.6) is 0 Å². The Morgan fingerprint density at radius 2 is 2.22 bits per heavy atom.